The SMILES string of the molecule is CCc1sc2c(=O)[nH]c(=O)[nH][n+]2c1[O-].c1c[nH]cn1. The van der Waals surface area contributed by atoms with Gasteiger partial charge in [0.05, 0.1) is 11.2 Å². The monoisotopic (exact) mass is 281 g/mol. The number of fused-ring (bicyclic) bond motifs is 1. The minimum Gasteiger partial charge on any atom is -0.820 e. The predicted octanol–water partition coefficient (Wildman–Crippen LogP) is -1.09. The molecular formula is C10H11N5O3S. The fraction of sp³-hybridized carbons (Fsp3) is 0.200. The molecule has 0 aliphatic rings. The molecule has 100 valence electrons. The zero-order valence-electron chi connectivity index (χ0n) is 9.97. The van der Waals surface area contributed by atoms with Crippen molar-refractivity contribution in [2.45, 2.75) is 13.3 Å². The van der Waals surface area contributed by atoms with Crippen LogP contribution in [0.25, 0.3) is 4.83 Å². The Hall–Kier alpha value is -2.42. The van der Waals surface area contributed by atoms with Crippen molar-refractivity contribution in [3.05, 3.63) is 44.4 Å². The van der Waals surface area contributed by atoms with Crippen molar-refractivity contribution in [3.63, 3.8) is 0 Å². The number of hydrogen-bond donors (Lipinski definition) is 3. The maximum atomic E-state index is 11.5. The average Bonchev–Trinajstić information content (AvgIpc) is 3.02. The number of hydrogen-bond acceptors (Lipinski definition) is 5. The molecule has 0 spiro atoms. The summed E-state index contributed by atoms with van der Waals surface area (Å²) < 4.78 is 0.991. The summed E-state index contributed by atoms with van der Waals surface area (Å²) in [6.45, 7) is 1.82. The molecule has 0 radical (unpaired) electrons. The number of imidazole rings is 1. The number of thiazole rings is 1. The third-order valence-electron chi connectivity index (χ3n) is 2.23. The van der Waals surface area contributed by atoms with E-state index in [1.165, 1.54) is 0 Å². The Kier molecular flexibility index (Phi) is 3.76. The van der Waals surface area contributed by atoms with E-state index in [1.807, 2.05) is 6.92 Å². The van der Waals surface area contributed by atoms with Crippen molar-refractivity contribution >= 4 is 16.2 Å². The molecule has 3 N–H and O–H groups in total. The Morgan fingerprint density at radius 1 is 1.47 bits per heavy atom. The summed E-state index contributed by atoms with van der Waals surface area (Å²) in [4.78, 5) is 31.4. The molecular weight excluding hydrogens is 270 g/mol. The van der Waals surface area contributed by atoms with Crippen LogP contribution >= 0.6 is 11.3 Å². The van der Waals surface area contributed by atoms with E-state index < -0.39 is 11.2 Å². The van der Waals surface area contributed by atoms with Crippen molar-refractivity contribution < 1.29 is 9.62 Å². The molecule has 3 aromatic heterocycles. The molecule has 0 aliphatic carbocycles. The van der Waals surface area contributed by atoms with Crippen LogP contribution in [0.2, 0.25) is 0 Å². The highest BCUT2D eigenvalue weighted by Gasteiger charge is 2.17. The Balaban J connectivity index is 0.000000224. The van der Waals surface area contributed by atoms with Gasteiger partial charge in [0.15, 0.2) is 5.88 Å². The van der Waals surface area contributed by atoms with Gasteiger partial charge < -0.3 is 10.1 Å². The van der Waals surface area contributed by atoms with Crippen LogP contribution in [-0.2, 0) is 6.42 Å². The fourth-order valence-corrected chi connectivity index (χ4v) is 2.32. The second-order valence-corrected chi connectivity index (χ2v) is 4.56. The van der Waals surface area contributed by atoms with Crippen LogP contribution in [-0.4, -0.2) is 20.1 Å². The number of nitrogens with zero attached hydrogens (tertiary/aromatic N) is 2. The summed E-state index contributed by atoms with van der Waals surface area (Å²) in [6.07, 6.45) is 5.63. The van der Waals surface area contributed by atoms with Gasteiger partial charge in [-0.25, -0.2) is 9.78 Å². The maximum Gasteiger partial charge on any atom is 0.375 e. The van der Waals surface area contributed by atoms with Crippen LogP contribution in [0.5, 0.6) is 5.88 Å². The van der Waals surface area contributed by atoms with Crippen LogP contribution in [0.4, 0.5) is 0 Å². The van der Waals surface area contributed by atoms with Gasteiger partial charge in [-0.3, -0.25) is 9.78 Å². The normalized spacial score (nSPS) is 10.2. The molecule has 3 aromatic rings. The van der Waals surface area contributed by atoms with E-state index in [4.69, 9.17) is 0 Å². The maximum absolute atomic E-state index is 11.5. The highest BCUT2D eigenvalue weighted by molar-refractivity contribution is 7.17. The number of aryl methyl sites for hydroxylation is 1. The van der Waals surface area contributed by atoms with Crippen LogP contribution in [0.15, 0.2) is 28.3 Å². The zero-order valence-corrected chi connectivity index (χ0v) is 10.8. The summed E-state index contributed by atoms with van der Waals surface area (Å²) >= 11 is 1.10. The van der Waals surface area contributed by atoms with Crippen molar-refractivity contribution in [1.29, 1.82) is 0 Å². The van der Waals surface area contributed by atoms with E-state index >= 15 is 0 Å². The highest BCUT2D eigenvalue weighted by atomic mass is 32.1. The molecule has 0 aromatic carbocycles. The summed E-state index contributed by atoms with van der Waals surface area (Å²) in [5, 5.41) is 13.8. The third kappa shape index (κ3) is 2.71. The van der Waals surface area contributed by atoms with E-state index in [0.717, 1.165) is 15.9 Å². The summed E-state index contributed by atoms with van der Waals surface area (Å²) in [6, 6.07) is 0. The molecule has 0 aliphatic heterocycles. The van der Waals surface area contributed by atoms with E-state index in [1.54, 1.807) is 18.7 Å². The second kappa shape index (κ2) is 5.48. The summed E-state index contributed by atoms with van der Waals surface area (Å²) in [5.41, 5.74) is -1.21. The van der Waals surface area contributed by atoms with Gasteiger partial charge in [-0.1, -0.05) is 22.8 Å². The molecule has 9 heteroatoms. The van der Waals surface area contributed by atoms with Crippen molar-refractivity contribution in [3.8, 4) is 5.88 Å². The molecule has 0 saturated heterocycles. The van der Waals surface area contributed by atoms with Crippen molar-refractivity contribution in [2.24, 2.45) is 0 Å². The Morgan fingerprint density at radius 2 is 2.26 bits per heavy atom. The predicted molar refractivity (Wildman–Crippen MR) is 66.1 cm³/mol. The first-order chi connectivity index (χ1) is 9.13. The summed E-state index contributed by atoms with van der Waals surface area (Å²) in [5.74, 6) is -0.323. The van der Waals surface area contributed by atoms with Gasteiger partial charge in [-0.2, -0.15) is 0 Å². The van der Waals surface area contributed by atoms with Crippen LogP contribution in [0.3, 0.4) is 0 Å². The quantitative estimate of drug-likeness (QED) is 0.490. The first kappa shape index (κ1) is 13.0. The topological polar surface area (TPSA) is 122 Å². The molecule has 0 atom stereocenters. The lowest BCUT2D eigenvalue weighted by Gasteiger charge is -1.94. The smallest absolute Gasteiger partial charge is 0.375 e. The standard InChI is InChI=1S/C7H7N3O3S.C3H4N2/c1-2-3-5(12)10-6(14-3)4(11)8-7(13)9-10;1-2-5-3-4-1/h2H2,1H3,(H2-,8,9,11,12,13);1-3H,(H,4,5). The minimum absolute atomic E-state index is 0.214. The van der Waals surface area contributed by atoms with Gasteiger partial charge in [-0.15, -0.1) is 5.10 Å². The number of rotatable bonds is 1. The second-order valence-electron chi connectivity index (χ2n) is 3.48. The first-order valence-electron chi connectivity index (χ1n) is 5.43. The fourth-order valence-electron chi connectivity index (χ4n) is 1.40. The Bertz CT molecular complexity index is 753. The first-order valence-corrected chi connectivity index (χ1v) is 6.25. The van der Waals surface area contributed by atoms with Gasteiger partial charge in [0, 0.05) is 12.4 Å². The van der Waals surface area contributed by atoms with Crippen LogP contribution in [0.1, 0.15) is 11.8 Å². The lowest BCUT2D eigenvalue weighted by molar-refractivity contribution is -0.636. The molecule has 8 nitrogen and oxygen atoms in total. The van der Waals surface area contributed by atoms with Crippen molar-refractivity contribution in [2.75, 3.05) is 0 Å². The van der Waals surface area contributed by atoms with Gasteiger partial charge in [0.2, 0.25) is 0 Å². The van der Waals surface area contributed by atoms with Gasteiger partial charge in [-0.05, 0) is 6.42 Å². The summed E-state index contributed by atoms with van der Waals surface area (Å²) in [7, 11) is 0. The molecule has 0 saturated carbocycles. The Labute approximate surface area is 110 Å². The molecule has 0 bridgehead atoms. The van der Waals surface area contributed by atoms with Crippen molar-refractivity contribution in [1.82, 2.24) is 20.1 Å². The molecule has 0 fully saturated rings. The lowest BCUT2D eigenvalue weighted by Crippen LogP contribution is -2.41. The van der Waals surface area contributed by atoms with E-state index in [2.05, 4.69) is 20.1 Å². The Morgan fingerprint density at radius 3 is 2.79 bits per heavy atom. The van der Waals surface area contributed by atoms with Crippen LogP contribution in [0, 0.1) is 0 Å². The number of nitrogens with one attached hydrogen (secondary N) is 3. The van der Waals surface area contributed by atoms with Gasteiger partial charge >= 0.3 is 16.1 Å². The number of aromatic amines is 3. The number of aromatic nitrogens is 5. The number of H-pyrrole nitrogens is 3. The molecule has 0 amide bonds. The third-order valence-corrected chi connectivity index (χ3v) is 3.50. The zero-order chi connectivity index (χ0) is 13.8. The van der Waals surface area contributed by atoms with E-state index in [0.29, 0.717) is 11.3 Å². The highest BCUT2D eigenvalue weighted by Crippen LogP contribution is 2.17. The molecule has 3 rings (SSSR count). The minimum atomic E-state index is -0.676. The molecule has 19 heavy (non-hydrogen) atoms. The average molecular weight is 281 g/mol. The molecule has 0 unspecified atom stereocenters. The van der Waals surface area contributed by atoms with E-state index in [-0.39, 0.29) is 10.7 Å². The van der Waals surface area contributed by atoms with Crippen LogP contribution < -0.4 is 20.9 Å². The van der Waals surface area contributed by atoms with Gasteiger partial charge in [0.1, 0.15) is 0 Å². The largest absolute Gasteiger partial charge is 0.820 e. The molecule has 3 heterocycles. The van der Waals surface area contributed by atoms with E-state index in [9.17, 15) is 14.7 Å². The lowest BCUT2D eigenvalue weighted by atomic mass is 10.4. The van der Waals surface area contributed by atoms with Gasteiger partial charge in [0.25, 0.3) is 0 Å².